The number of phenolic OH excluding ortho intramolecular Hbond substituents is 2. The Morgan fingerprint density at radius 1 is 0.750 bits per heavy atom. The van der Waals surface area contributed by atoms with Crippen molar-refractivity contribution in [2.45, 2.75) is 19.4 Å². The van der Waals surface area contributed by atoms with Crippen LogP contribution in [0.5, 0.6) is 11.5 Å². The molecular formula is C32H31NO3. The van der Waals surface area contributed by atoms with E-state index in [9.17, 15) is 15.0 Å². The summed E-state index contributed by atoms with van der Waals surface area (Å²) in [6.07, 6.45) is 8.43. The average Bonchev–Trinajstić information content (AvgIpc) is 2.87. The normalized spacial score (nSPS) is 16.4. The van der Waals surface area contributed by atoms with Crippen LogP contribution in [0.25, 0.3) is 12.2 Å². The molecule has 3 aromatic rings. The summed E-state index contributed by atoms with van der Waals surface area (Å²) in [5.41, 5.74) is 5.87. The lowest BCUT2D eigenvalue weighted by atomic mass is 9.93. The van der Waals surface area contributed by atoms with Crippen molar-refractivity contribution in [2.75, 3.05) is 13.1 Å². The number of nitrogens with zero attached hydrogens (tertiary/aromatic N) is 1. The maximum Gasteiger partial charge on any atom is 0.187 e. The molecule has 0 bridgehead atoms. The SMILES string of the molecule is C=CCc1cc(/C=C2\CN(Cc3ccccc3)C/C(=C\c3ccc(O)c(CC=C)c3)C2=O)ccc1O. The van der Waals surface area contributed by atoms with Crippen molar-refractivity contribution < 1.29 is 15.0 Å². The molecule has 2 N–H and O–H groups in total. The van der Waals surface area contributed by atoms with Crippen molar-refractivity contribution in [3.8, 4) is 11.5 Å². The highest BCUT2D eigenvalue weighted by molar-refractivity contribution is 6.14. The highest BCUT2D eigenvalue weighted by Gasteiger charge is 2.26. The number of phenols is 2. The van der Waals surface area contributed by atoms with E-state index in [-0.39, 0.29) is 17.3 Å². The van der Waals surface area contributed by atoms with Crippen molar-refractivity contribution in [1.29, 1.82) is 0 Å². The summed E-state index contributed by atoms with van der Waals surface area (Å²) in [5.74, 6) is 0.456. The van der Waals surface area contributed by atoms with Gasteiger partial charge in [0.25, 0.3) is 0 Å². The van der Waals surface area contributed by atoms with Gasteiger partial charge in [0.15, 0.2) is 5.78 Å². The molecule has 0 amide bonds. The molecule has 0 aromatic heterocycles. The minimum absolute atomic E-state index is 0.0102. The fourth-order valence-electron chi connectivity index (χ4n) is 4.49. The van der Waals surface area contributed by atoms with E-state index >= 15 is 0 Å². The smallest absolute Gasteiger partial charge is 0.187 e. The number of aromatic hydroxyl groups is 2. The third-order valence-corrected chi connectivity index (χ3v) is 6.24. The number of hydrogen-bond acceptors (Lipinski definition) is 4. The minimum atomic E-state index is 0.0102. The Morgan fingerprint density at radius 3 is 1.72 bits per heavy atom. The maximum absolute atomic E-state index is 13.6. The average molecular weight is 478 g/mol. The van der Waals surface area contributed by atoms with Crippen molar-refractivity contribution >= 4 is 17.9 Å². The maximum atomic E-state index is 13.6. The van der Waals surface area contributed by atoms with Crippen LogP contribution in [0.1, 0.15) is 27.8 Å². The van der Waals surface area contributed by atoms with Crippen LogP contribution in [0.3, 0.4) is 0 Å². The molecule has 36 heavy (non-hydrogen) atoms. The van der Waals surface area contributed by atoms with Crippen molar-refractivity contribution in [2.24, 2.45) is 0 Å². The molecule has 0 unspecified atom stereocenters. The fourth-order valence-corrected chi connectivity index (χ4v) is 4.49. The summed E-state index contributed by atoms with van der Waals surface area (Å²) >= 11 is 0. The summed E-state index contributed by atoms with van der Waals surface area (Å²) < 4.78 is 0. The Kier molecular flexibility index (Phi) is 7.99. The summed E-state index contributed by atoms with van der Waals surface area (Å²) in [5, 5.41) is 20.3. The summed E-state index contributed by atoms with van der Waals surface area (Å²) in [4.78, 5) is 15.8. The number of piperidine rings is 1. The number of allylic oxidation sites excluding steroid dienone is 2. The Morgan fingerprint density at radius 2 is 1.25 bits per heavy atom. The topological polar surface area (TPSA) is 60.8 Å². The molecule has 0 saturated carbocycles. The predicted molar refractivity (Wildman–Crippen MR) is 147 cm³/mol. The first-order valence-electron chi connectivity index (χ1n) is 12.0. The van der Waals surface area contributed by atoms with E-state index in [0.29, 0.717) is 37.1 Å². The molecule has 1 heterocycles. The molecule has 1 saturated heterocycles. The zero-order valence-corrected chi connectivity index (χ0v) is 20.4. The lowest BCUT2D eigenvalue weighted by Gasteiger charge is -2.30. The quantitative estimate of drug-likeness (QED) is 0.304. The molecule has 0 radical (unpaired) electrons. The highest BCUT2D eigenvalue weighted by Crippen LogP contribution is 2.27. The number of carbonyl (C=O) groups excluding carboxylic acids is 1. The van der Waals surface area contributed by atoms with Crippen molar-refractivity contribution in [1.82, 2.24) is 4.90 Å². The number of rotatable bonds is 8. The number of Topliss-reactive ketones (excluding diaryl/α,β-unsaturated/α-hetero) is 1. The van der Waals surface area contributed by atoms with Crippen LogP contribution in [0.2, 0.25) is 0 Å². The second-order valence-electron chi connectivity index (χ2n) is 9.06. The number of likely N-dealkylation sites (tertiary alicyclic amines) is 1. The minimum Gasteiger partial charge on any atom is -0.508 e. The van der Waals surface area contributed by atoms with Gasteiger partial charge in [0.2, 0.25) is 0 Å². The van der Waals surface area contributed by atoms with Crippen LogP contribution in [-0.4, -0.2) is 34.0 Å². The Labute approximate surface area is 212 Å². The van der Waals surface area contributed by atoms with Crippen LogP contribution >= 0.6 is 0 Å². The predicted octanol–water partition coefficient (Wildman–Crippen LogP) is 6.11. The second-order valence-corrected chi connectivity index (χ2v) is 9.06. The summed E-state index contributed by atoms with van der Waals surface area (Å²) in [6, 6.07) is 21.0. The van der Waals surface area contributed by atoms with Gasteiger partial charge in [-0.15, -0.1) is 13.2 Å². The largest absolute Gasteiger partial charge is 0.508 e. The molecule has 4 rings (SSSR count). The zero-order valence-electron chi connectivity index (χ0n) is 20.4. The van der Waals surface area contributed by atoms with E-state index < -0.39 is 0 Å². The van der Waals surface area contributed by atoms with E-state index in [4.69, 9.17) is 0 Å². The van der Waals surface area contributed by atoms with Crippen LogP contribution in [0, 0.1) is 0 Å². The molecule has 1 fully saturated rings. The molecule has 1 aliphatic heterocycles. The fraction of sp³-hybridized carbons (Fsp3) is 0.156. The zero-order chi connectivity index (χ0) is 25.5. The van der Waals surface area contributed by atoms with Gasteiger partial charge in [-0.2, -0.15) is 0 Å². The van der Waals surface area contributed by atoms with E-state index in [1.54, 1.807) is 24.3 Å². The third-order valence-electron chi connectivity index (χ3n) is 6.24. The lowest BCUT2D eigenvalue weighted by Crippen LogP contribution is -2.37. The van der Waals surface area contributed by atoms with Gasteiger partial charge in [-0.1, -0.05) is 54.6 Å². The monoisotopic (exact) mass is 477 g/mol. The Bertz CT molecular complexity index is 1250. The lowest BCUT2D eigenvalue weighted by molar-refractivity contribution is -0.113. The number of carbonyl (C=O) groups is 1. The van der Waals surface area contributed by atoms with Crippen molar-refractivity contribution in [3.63, 3.8) is 0 Å². The third kappa shape index (κ3) is 6.09. The first-order valence-corrected chi connectivity index (χ1v) is 12.0. The molecule has 0 atom stereocenters. The molecule has 3 aromatic carbocycles. The summed E-state index contributed by atoms with van der Waals surface area (Å²) in [6.45, 7) is 9.30. The molecule has 1 aliphatic rings. The van der Waals surface area contributed by atoms with Crippen LogP contribution < -0.4 is 0 Å². The van der Waals surface area contributed by atoms with Crippen LogP contribution in [0.4, 0.5) is 0 Å². The second kappa shape index (κ2) is 11.5. The standard InChI is InChI=1S/C32H31NO3/c1-3-8-26-16-24(12-14-30(26)34)18-28-21-33(20-23-10-6-5-7-11-23)22-29(32(28)36)19-25-13-15-31(35)27(17-25)9-4-2/h3-7,10-19,34-35H,1-2,8-9,20-22H2/b28-18+,29-19+. The van der Waals surface area contributed by atoms with Gasteiger partial charge >= 0.3 is 0 Å². The summed E-state index contributed by atoms with van der Waals surface area (Å²) in [7, 11) is 0. The van der Waals surface area contributed by atoms with E-state index in [1.807, 2.05) is 54.6 Å². The van der Waals surface area contributed by atoms with E-state index in [1.165, 1.54) is 5.56 Å². The van der Waals surface area contributed by atoms with Gasteiger partial charge in [0.1, 0.15) is 11.5 Å². The number of benzene rings is 3. The number of ketones is 1. The van der Waals surface area contributed by atoms with Gasteiger partial charge in [-0.3, -0.25) is 9.69 Å². The number of hydrogen-bond donors (Lipinski definition) is 2. The van der Waals surface area contributed by atoms with Crippen LogP contribution in [-0.2, 0) is 24.2 Å². The first-order chi connectivity index (χ1) is 17.5. The van der Waals surface area contributed by atoms with Gasteiger partial charge < -0.3 is 10.2 Å². The molecule has 0 spiro atoms. The first kappa shape index (κ1) is 25.0. The van der Waals surface area contributed by atoms with Crippen LogP contribution in [0.15, 0.2) is 103 Å². The molecule has 182 valence electrons. The van der Waals surface area contributed by atoms with Gasteiger partial charge in [0, 0.05) is 30.8 Å². The Hall–Kier alpha value is -4.15. The van der Waals surface area contributed by atoms with E-state index in [2.05, 4.69) is 30.2 Å². The van der Waals surface area contributed by atoms with Gasteiger partial charge in [-0.05, 0) is 77.1 Å². The van der Waals surface area contributed by atoms with Gasteiger partial charge in [-0.25, -0.2) is 0 Å². The van der Waals surface area contributed by atoms with E-state index in [0.717, 1.165) is 28.8 Å². The molecular weight excluding hydrogens is 446 g/mol. The molecule has 0 aliphatic carbocycles. The molecule has 4 nitrogen and oxygen atoms in total. The van der Waals surface area contributed by atoms with Gasteiger partial charge in [0.05, 0.1) is 0 Å². The molecule has 4 heteroatoms. The Balaban J connectivity index is 1.71. The highest BCUT2D eigenvalue weighted by atomic mass is 16.3. The van der Waals surface area contributed by atoms with Crippen molar-refractivity contribution in [3.05, 3.63) is 131 Å².